The van der Waals surface area contributed by atoms with Crippen LogP contribution in [0.2, 0.25) is 0 Å². The van der Waals surface area contributed by atoms with E-state index in [1.165, 1.54) is 17.0 Å². The summed E-state index contributed by atoms with van der Waals surface area (Å²) in [7, 11) is 0. The molecule has 1 amide bonds. The summed E-state index contributed by atoms with van der Waals surface area (Å²) in [6.45, 7) is 0.784. The molecule has 1 aliphatic heterocycles. The highest BCUT2D eigenvalue weighted by Crippen LogP contribution is 2.33. The smallest absolute Gasteiger partial charge is 0.337 e. The minimum Gasteiger partial charge on any atom is -0.337 e. The highest BCUT2D eigenvalue weighted by molar-refractivity contribution is 5.93. The van der Waals surface area contributed by atoms with Crippen LogP contribution in [0.4, 0.5) is 17.6 Å². The summed E-state index contributed by atoms with van der Waals surface area (Å²) < 4.78 is 54.0. The molecular weight excluding hydrogens is 316 g/mol. The molecule has 0 unspecified atom stereocenters. The average molecular weight is 328 g/mol. The van der Waals surface area contributed by atoms with Gasteiger partial charge in [0.25, 0.3) is 5.91 Å². The topological polar surface area (TPSA) is 51.0 Å². The number of hydrogen-bond donors (Lipinski definition) is 0. The van der Waals surface area contributed by atoms with Gasteiger partial charge in [0.15, 0.2) is 11.4 Å². The van der Waals surface area contributed by atoms with E-state index in [4.69, 9.17) is 0 Å². The molecule has 122 valence electrons. The molecule has 1 aliphatic rings. The second-order valence-corrected chi connectivity index (χ2v) is 5.18. The Bertz CT molecular complexity index is 735. The second-order valence-electron chi connectivity index (χ2n) is 5.18. The molecular formula is C14H12F4N4O. The van der Waals surface area contributed by atoms with E-state index in [1.807, 2.05) is 0 Å². The summed E-state index contributed by atoms with van der Waals surface area (Å²) in [6.07, 6.45) is -3.36. The van der Waals surface area contributed by atoms with E-state index in [9.17, 15) is 22.4 Å². The van der Waals surface area contributed by atoms with Gasteiger partial charge in [0.1, 0.15) is 5.82 Å². The van der Waals surface area contributed by atoms with E-state index >= 15 is 0 Å². The third-order valence-corrected chi connectivity index (χ3v) is 3.59. The van der Waals surface area contributed by atoms with Crippen LogP contribution in [0.1, 0.15) is 29.0 Å². The molecule has 5 nitrogen and oxygen atoms in total. The van der Waals surface area contributed by atoms with Crippen LogP contribution in [-0.2, 0) is 6.18 Å². The summed E-state index contributed by atoms with van der Waals surface area (Å²) in [6, 6.07) is 4.52. The van der Waals surface area contributed by atoms with Gasteiger partial charge in [-0.1, -0.05) is 11.3 Å². The van der Waals surface area contributed by atoms with E-state index in [-0.39, 0.29) is 5.69 Å². The fraction of sp³-hybridized carbons (Fsp3) is 0.357. The van der Waals surface area contributed by atoms with Crippen LogP contribution < -0.4 is 0 Å². The number of rotatable bonds is 2. The van der Waals surface area contributed by atoms with Crippen molar-refractivity contribution in [3.8, 4) is 5.69 Å². The predicted molar refractivity (Wildman–Crippen MR) is 71.5 cm³/mol. The minimum absolute atomic E-state index is 0.148. The molecule has 1 aromatic heterocycles. The van der Waals surface area contributed by atoms with Crippen LogP contribution in [0.3, 0.4) is 0 Å². The van der Waals surface area contributed by atoms with Gasteiger partial charge in [-0.3, -0.25) is 4.79 Å². The standard InChI is InChI=1S/C14H12F4N4O/c15-9-4-3-5-10(8-9)22-12(14(16,17)18)11(19-20-22)13(23)21-6-1-2-7-21/h3-5,8H,1-2,6-7H2. The molecule has 0 saturated carbocycles. The van der Waals surface area contributed by atoms with E-state index in [0.717, 1.165) is 25.0 Å². The number of benzene rings is 1. The Morgan fingerprint density at radius 2 is 1.87 bits per heavy atom. The molecule has 1 aromatic carbocycles. The molecule has 23 heavy (non-hydrogen) atoms. The first-order valence-electron chi connectivity index (χ1n) is 6.96. The first-order valence-corrected chi connectivity index (χ1v) is 6.96. The summed E-state index contributed by atoms with van der Waals surface area (Å²) in [4.78, 5) is 13.6. The molecule has 9 heteroatoms. The van der Waals surface area contributed by atoms with Gasteiger partial charge in [-0.05, 0) is 31.0 Å². The molecule has 0 bridgehead atoms. The maximum Gasteiger partial charge on any atom is 0.435 e. The van der Waals surface area contributed by atoms with Gasteiger partial charge < -0.3 is 4.90 Å². The largest absolute Gasteiger partial charge is 0.435 e. The molecule has 3 rings (SSSR count). The van der Waals surface area contributed by atoms with Crippen molar-refractivity contribution in [1.82, 2.24) is 19.9 Å². The van der Waals surface area contributed by atoms with E-state index in [1.54, 1.807) is 0 Å². The zero-order valence-corrected chi connectivity index (χ0v) is 11.8. The minimum atomic E-state index is -4.85. The predicted octanol–water partition coefficient (Wildman–Crippen LogP) is 2.66. The number of amides is 1. The van der Waals surface area contributed by atoms with Gasteiger partial charge in [0.2, 0.25) is 0 Å². The highest BCUT2D eigenvalue weighted by atomic mass is 19.4. The lowest BCUT2D eigenvalue weighted by Gasteiger charge is -2.16. The van der Waals surface area contributed by atoms with Crippen molar-refractivity contribution in [2.75, 3.05) is 13.1 Å². The summed E-state index contributed by atoms with van der Waals surface area (Å²) in [5.74, 6) is -1.52. The van der Waals surface area contributed by atoms with Gasteiger partial charge in [0.05, 0.1) is 5.69 Å². The maximum absolute atomic E-state index is 13.4. The van der Waals surface area contributed by atoms with Crippen LogP contribution in [-0.4, -0.2) is 38.9 Å². The van der Waals surface area contributed by atoms with Gasteiger partial charge >= 0.3 is 6.18 Å². The third-order valence-electron chi connectivity index (χ3n) is 3.59. The maximum atomic E-state index is 13.4. The summed E-state index contributed by atoms with van der Waals surface area (Å²) in [5, 5.41) is 6.83. The Balaban J connectivity index is 2.10. The molecule has 2 aromatic rings. The van der Waals surface area contributed by atoms with E-state index in [2.05, 4.69) is 10.3 Å². The van der Waals surface area contributed by atoms with E-state index < -0.39 is 29.3 Å². The fourth-order valence-corrected chi connectivity index (χ4v) is 2.54. The molecule has 0 atom stereocenters. The number of carbonyl (C=O) groups excluding carboxylic acids is 1. The summed E-state index contributed by atoms with van der Waals surface area (Å²) in [5.41, 5.74) is -2.20. The number of halogens is 4. The third kappa shape index (κ3) is 2.90. The Labute approximate surface area is 128 Å². The zero-order valence-electron chi connectivity index (χ0n) is 11.8. The Hall–Kier alpha value is -2.45. The molecule has 0 N–H and O–H groups in total. The average Bonchev–Trinajstić information content (AvgIpc) is 3.15. The van der Waals surface area contributed by atoms with Crippen molar-refractivity contribution in [3.63, 3.8) is 0 Å². The second kappa shape index (κ2) is 5.64. The van der Waals surface area contributed by atoms with Crippen molar-refractivity contribution in [1.29, 1.82) is 0 Å². The first kappa shape index (κ1) is 15.4. The van der Waals surface area contributed by atoms with Gasteiger partial charge in [-0.25, -0.2) is 9.07 Å². The number of alkyl halides is 3. The van der Waals surface area contributed by atoms with Crippen molar-refractivity contribution >= 4 is 5.91 Å². The van der Waals surface area contributed by atoms with Crippen LogP contribution in [0.5, 0.6) is 0 Å². The van der Waals surface area contributed by atoms with E-state index in [0.29, 0.717) is 17.8 Å². The summed E-state index contributed by atoms with van der Waals surface area (Å²) >= 11 is 0. The monoisotopic (exact) mass is 328 g/mol. The van der Waals surface area contributed by atoms with Crippen LogP contribution in [0.15, 0.2) is 24.3 Å². The Morgan fingerprint density at radius 3 is 2.48 bits per heavy atom. The molecule has 0 aliphatic carbocycles. The van der Waals surface area contributed by atoms with Crippen molar-refractivity contribution in [2.45, 2.75) is 19.0 Å². The molecule has 0 radical (unpaired) electrons. The Kier molecular flexibility index (Phi) is 3.78. The van der Waals surface area contributed by atoms with Crippen LogP contribution >= 0.6 is 0 Å². The lowest BCUT2D eigenvalue weighted by molar-refractivity contribution is -0.143. The molecule has 1 saturated heterocycles. The number of hydrogen-bond acceptors (Lipinski definition) is 3. The first-order chi connectivity index (χ1) is 10.9. The highest BCUT2D eigenvalue weighted by Gasteiger charge is 2.43. The lowest BCUT2D eigenvalue weighted by Crippen LogP contribution is -2.30. The van der Waals surface area contributed by atoms with Crippen LogP contribution in [0, 0.1) is 5.82 Å². The molecule has 1 fully saturated rings. The SMILES string of the molecule is O=C(c1nnn(-c2cccc(F)c2)c1C(F)(F)F)N1CCCC1. The van der Waals surface area contributed by atoms with Crippen molar-refractivity contribution in [3.05, 3.63) is 41.5 Å². The van der Waals surface area contributed by atoms with Gasteiger partial charge in [-0.2, -0.15) is 13.2 Å². The Morgan fingerprint density at radius 1 is 1.17 bits per heavy atom. The number of carbonyl (C=O) groups is 1. The van der Waals surface area contributed by atoms with Gasteiger partial charge in [0, 0.05) is 13.1 Å². The number of aromatic nitrogens is 3. The quantitative estimate of drug-likeness (QED) is 0.797. The van der Waals surface area contributed by atoms with Crippen LogP contribution in [0.25, 0.3) is 5.69 Å². The van der Waals surface area contributed by atoms with Crippen molar-refractivity contribution < 1.29 is 22.4 Å². The lowest BCUT2D eigenvalue weighted by atomic mass is 10.2. The van der Waals surface area contributed by atoms with Gasteiger partial charge in [-0.15, -0.1) is 5.10 Å². The molecule has 2 heterocycles. The van der Waals surface area contributed by atoms with Crippen molar-refractivity contribution in [2.24, 2.45) is 0 Å². The fourth-order valence-electron chi connectivity index (χ4n) is 2.54. The number of nitrogens with zero attached hydrogens (tertiary/aromatic N) is 4. The normalized spacial score (nSPS) is 15.2. The zero-order chi connectivity index (χ0) is 16.6. The molecule has 0 spiro atoms. The number of likely N-dealkylation sites (tertiary alicyclic amines) is 1.